The molecule has 1 N–H and O–H groups in total. The van der Waals surface area contributed by atoms with Crippen molar-refractivity contribution < 1.29 is 4.79 Å². The summed E-state index contributed by atoms with van der Waals surface area (Å²) in [5, 5.41) is 5.15. The molecule has 0 spiro atoms. The number of fused-ring (bicyclic) bond motifs is 1. The van der Waals surface area contributed by atoms with Crippen LogP contribution in [0.3, 0.4) is 0 Å². The number of likely N-dealkylation sites (N-methyl/N-ethyl adjacent to an activating group) is 1. The largest absolute Gasteiger partial charge is 0.369 e. The van der Waals surface area contributed by atoms with Crippen molar-refractivity contribution in [3.63, 3.8) is 0 Å². The minimum atomic E-state index is -0.127. The van der Waals surface area contributed by atoms with E-state index >= 15 is 0 Å². The molecule has 2 atom stereocenters. The molecule has 2 aromatic heterocycles. The number of hydrogen-bond donors (Lipinski definition) is 1. The summed E-state index contributed by atoms with van der Waals surface area (Å²) in [4.78, 5) is 25.9. The third kappa shape index (κ3) is 4.08. The zero-order chi connectivity index (χ0) is 22.1. The zero-order valence-corrected chi connectivity index (χ0v) is 18.5. The first kappa shape index (κ1) is 20.6. The molecule has 1 amide bonds. The van der Waals surface area contributed by atoms with E-state index in [-0.39, 0.29) is 17.2 Å². The smallest absolute Gasteiger partial charge is 0.244 e. The maximum atomic E-state index is 12.7. The first-order valence-electron chi connectivity index (χ1n) is 11.1. The van der Waals surface area contributed by atoms with Crippen LogP contribution in [-0.2, 0) is 10.2 Å². The van der Waals surface area contributed by atoms with Crippen LogP contribution in [0.4, 0.5) is 5.69 Å². The summed E-state index contributed by atoms with van der Waals surface area (Å²) in [6.07, 6.45) is 7.66. The van der Waals surface area contributed by atoms with Crippen LogP contribution in [0.15, 0.2) is 60.1 Å². The Balaban J connectivity index is 1.19. The van der Waals surface area contributed by atoms with Gasteiger partial charge in [0, 0.05) is 60.6 Å². The van der Waals surface area contributed by atoms with Crippen LogP contribution in [0.25, 0.3) is 10.9 Å². The highest BCUT2D eigenvalue weighted by atomic mass is 16.2. The highest BCUT2D eigenvalue weighted by Gasteiger charge is 2.55. The van der Waals surface area contributed by atoms with Gasteiger partial charge in [0.25, 0.3) is 0 Å². The lowest BCUT2D eigenvalue weighted by molar-refractivity contribution is -0.122. The maximum absolute atomic E-state index is 12.7. The second-order valence-electron chi connectivity index (χ2n) is 9.08. The fraction of sp³-hybridized carbons (Fsp3) is 0.360. The number of anilines is 1. The second-order valence-corrected chi connectivity index (χ2v) is 9.08. The lowest BCUT2D eigenvalue weighted by Gasteiger charge is -2.34. The molecule has 2 aliphatic rings. The Bertz CT molecular complexity index is 1150. The minimum absolute atomic E-state index is 0.0372. The molecule has 5 rings (SSSR count). The first-order chi connectivity index (χ1) is 15.5. The molecule has 1 aliphatic heterocycles. The van der Waals surface area contributed by atoms with Crippen LogP contribution in [0.1, 0.15) is 24.5 Å². The van der Waals surface area contributed by atoms with Gasteiger partial charge in [0.1, 0.15) is 0 Å². The predicted molar refractivity (Wildman–Crippen MR) is 127 cm³/mol. The summed E-state index contributed by atoms with van der Waals surface area (Å²) in [6.45, 7) is 6.45. The zero-order valence-electron chi connectivity index (χ0n) is 18.5. The number of piperazine rings is 1. The number of nitrogens with zero attached hydrogens (tertiary/aromatic N) is 5. The summed E-state index contributed by atoms with van der Waals surface area (Å²) >= 11 is 0. The van der Waals surface area contributed by atoms with Gasteiger partial charge in [0.2, 0.25) is 5.91 Å². The monoisotopic (exact) mass is 428 g/mol. The van der Waals surface area contributed by atoms with E-state index in [0.717, 1.165) is 49.1 Å². The van der Waals surface area contributed by atoms with Gasteiger partial charge in [-0.25, -0.2) is 5.43 Å². The number of rotatable bonds is 5. The molecule has 2 fully saturated rings. The molecule has 0 bridgehead atoms. The van der Waals surface area contributed by atoms with Crippen LogP contribution < -0.4 is 10.3 Å². The number of nitrogens with one attached hydrogen (secondary N) is 1. The Morgan fingerprint density at radius 3 is 2.72 bits per heavy atom. The molecule has 164 valence electrons. The van der Waals surface area contributed by atoms with Crippen LogP contribution in [-0.4, -0.2) is 60.2 Å². The van der Waals surface area contributed by atoms with Crippen molar-refractivity contribution in [2.24, 2.45) is 11.0 Å². The van der Waals surface area contributed by atoms with Crippen LogP contribution in [0.5, 0.6) is 0 Å². The van der Waals surface area contributed by atoms with Crippen molar-refractivity contribution in [2.45, 2.75) is 18.8 Å². The molecule has 1 aliphatic carbocycles. The van der Waals surface area contributed by atoms with Gasteiger partial charge in [0.15, 0.2) is 0 Å². The lowest BCUT2D eigenvalue weighted by Crippen LogP contribution is -2.44. The van der Waals surface area contributed by atoms with Gasteiger partial charge in [-0.1, -0.05) is 19.1 Å². The summed E-state index contributed by atoms with van der Waals surface area (Å²) in [5.41, 5.74) is 6.73. The van der Waals surface area contributed by atoms with Gasteiger partial charge in [-0.3, -0.25) is 14.8 Å². The van der Waals surface area contributed by atoms with E-state index in [1.165, 1.54) is 11.3 Å². The lowest BCUT2D eigenvalue weighted by atomic mass is 9.95. The Morgan fingerprint density at radius 2 is 1.94 bits per heavy atom. The Morgan fingerprint density at radius 1 is 1.16 bits per heavy atom. The fourth-order valence-electron chi connectivity index (χ4n) is 4.49. The van der Waals surface area contributed by atoms with Gasteiger partial charge < -0.3 is 9.80 Å². The standard InChI is InChI=1S/C25H28N6O/c1-25(20-3-5-21(6-4-20)31-11-9-30(2)10-12-31)14-22(25)24(32)29-28-16-18-13-19-7-8-26-17-23(19)27-15-18/h3-8,13,15-17,22H,9-12,14H2,1-2H3,(H,29,32)/b28-16+. The number of pyridine rings is 2. The topological polar surface area (TPSA) is 73.7 Å². The number of hydrogen-bond acceptors (Lipinski definition) is 6. The van der Waals surface area contributed by atoms with Gasteiger partial charge in [-0.15, -0.1) is 0 Å². The van der Waals surface area contributed by atoms with Crippen molar-refractivity contribution in [1.29, 1.82) is 0 Å². The van der Waals surface area contributed by atoms with Crippen molar-refractivity contribution in [3.05, 3.63) is 66.1 Å². The SMILES string of the molecule is CN1CCN(c2ccc(C3(C)CC3C(=O)N/N=C/c3cnc4cnccc4c3)cc2)CC1. The number of carbonyl (C=O) groups excluding carboxylic acids is 1. The molecule has 7 heteroatoms. The van der Waals surface area contributed by atoms with E-state index in [9.17, 15) is 4.79 Å². The molecule has 1 saturated carbocycles. The molecule has 3 heterocycles. The normalized spacial score (nSPS) is 23.6. The quantitative estimate of drug-likeness (QED) is 0.500. The Labute approximate surface area is 188 Å². The van der Waals surface area contributed by atoms with Crippen LogP contribution in [0.2, 0.25) is 0 Å². The summed E-state index contributed by atoms with van der Waals surface area (Å²) in [5.74, 6) is -0.0974. The van der Waals surface area contributed by atoms with Crippen molar-refractivity contribution >= 4 is 28.7 Å². The van der Waals surface area contributed by atoms with Crippen molar-refractivity contribution in [3.8, 4) is 0 Å². The summed E-state index contributed by atoms with van der Waals surface area (Å²) in [7, 11) is 2.17. The summed E-state index contributed by atoms with van der Waals surface area (Å²) in [6, 6.07) is 12.6. The maximum Gasteiger partial charge on any atom is 0.244 e. The second kappa shape index (κ2) is 8.31. The predicted octanol–water partition coefficient (Wildman–Crippen LogP) is 2.81. The van der Waals surface area contributed by atoms with Gasteiger partial charge in [0.05, 0.1) is 23.8 Å². The third-order valence-electron chi connectivity index (χ3n) is 6.84. The third-order valence-corrected chi connectivity index (χ3v) is 6.84. The average molecular weight is 429 g/mol. The van der Waals surface area contributed by atoms with E-state index in [1.807, 2.05) is 12.1 Å². The molecule has 7 nitrogen and oxygen atoms in total. The molecular weight excluding hydrogens is 400 g/mol. The van der Waals surface area contributed by atoms with Gasteiger partial charge in [-0.05, 0) is 43.3 Å². The average Bonchev–Trinajstić information content (AvgIpc) is 3.52. The first-order valence-corrected chi connectivity index (χ1v) is 11.1. The molecule has 2 unspecified atom stereocenters. The molecule has 0 radical (unpaired) electrons. The van der Waals surface area contributed by atoms with E-state index in [1.54, 1.807) is 24.8 Å². The minimum Gasteiger partial charge on any atom is -0.369 e. The van der Waals surface area contributed by atoms with E-state index in [2.05, 4.69) is 68.5 Å². The van der Waals surface area contributed by atoms with Gasteiger partial charge >= 0.3 is 0 Å². The molecule has 3 aromatic rings. The molecule has 1 aromatic carbocycles. The van der Waals surface area contributed by atoms with E-state index < -0.39 is 0 Å². The van der Waals surface area contributed by atoms with Crippen molar-refractivity contribution in [2.75, 3.05) is 38.1 Å². The highest BCUT2D eigenvalue weighted by Crippen LogP contribution is 2.54. The van der Waals surface area contributed by atoms with Crippen molar-refractivity contribution in [1.82, 2.24) is 20.3 Å². The number of carbonyl (C=O) groups is 1. The molecule has 32 heavy (non-hydrogen) atoms. The number of aromatic nitrogens is 2. The number of benzene rings is 1. The van der Waals surface area contributed by atoms with Crippen LogP contribution in [0, 0.1) is 5.92 Å². The molecular formula is C25H28N6O. The van der Waals surface area contributed by atoms with E-state index in [4.69, 9.17) is 0 Å². The Hall–Kier alpha value is -3.32. The highest BCUT2D eigenvalue weighted by molar-refractivity contribution is 5.89. The Kier molecular flexibility index (Phi) is 5.35. The fourth-order valence-corrected chi connectivity index (χ4v) is 4.49. The number of hydrazone groups is 1. The number of amides is 1. The van der Waals surface area contributed by atoms with Crippen LogP contribution >= 0.6 is 0 Å². The summed E-state index contributed by atoms with van der Waals surface area (Å²) < 4.78 is 0. The molecule has 1 saturated heterocycles. The van der Waals surface area contributed by atoms with Gasteiger partial charge in [-0.2, -0.15) is 5.10 Å². The van der Waals surface area contributed by atoms with E-state index in [0.29, 0.717) is 0 Å².